The number of ether oxygens (including phenoxy) is 1. The highest BCUT2D eigenvalue weighted by Crippen LogP contribution is 2.32. The third kappa shape index (κ3) is 4.58. The van der Waals surface area contributed by atoms with Gasteiger partial charge in [-0.2, -0.15) is 0 Å². The van der Waals surface area contributed by atoms with Crippen LogP contribution in [-0.2, 0) is 16.0 Å². The van der Waals surface area contributed by atoms with E-state index in [1.54, 1.807) is 17.0 Å². The summed E-state index contributed by atoms with van der Waals surface area (Å²) in [5.41, 5.74) is 1.79. The lowest BCUT2D eigenvalue weighted by Crippen LogP contribution is -2.46. The summed E-state index contributed by atoms with van der Waals surface area (Å²) < 4.78 is 18.7. The normalized spacial score (nSPS) is 21.1. The summed E-state index contributed by atoms with van der Waals surface area (Å²) in [6, 6.07) is 13.7. The Balaban J connectivity index is 1.36. The molecule has 1 saturated heterocycles. The molecule has 1 fully saturated rings. The van der Waals surface area contributed by atoms with E-state index in [1.807, 2.05) is 24.3 Å². The number of halogens is 1. The maximum Gasteiger partial charge on any atom is 0.227 e. The molecule has 2 aromatic rings. The zero-order chi connectivity index (χ0) is 20.2. The van der Waals surface area contributed by atoms with Gasteiger partial charge in [0.2, 0.25) is 11.8 Å². The molecule has 0 aliphatic carbocycles. The van der Waals surface area contributed by atoms with Gasteiger partial charge in [-0.3, -0.25) is 9.59 Å². The van der Waals surface area contributed by atoms with Gasteiger partial charge in [0.05, 0.1) is 25.0 Å². The van der Waals surface area contributed by atoms with Crippen molar-refractivity contribution >= 4 is 11.8 Å². The number of carbonyl (C=O) groups is 2. The number of benzene rings is 2. The standard InChI is InChI=1S/C23H25FN2O3/c24-18-9-7-16(8-10-18)14-22(27)26-12-3-4-17(15-26)23(28)25-20-11-13-29-21-6-2-1-5-19(20)21/h1-2,5-10,17,20H,3-4,11-15H2,(H,25,28). The van der Waals surface area contributed by atoms with E-state index in [2.05, 4.69) is 5.32 Å². The molecule has 0 bridgehead atoms. The Morgan fingerprint density at radius 1 is 1.10 bits per heavy atom. The predicted octanol–water partition coefficient (Wildman–Crippen LogP) is 3.25. The molecule has 2 amide bonds. The molecule has 1 N–H and O–H groups in total. The van der Waals surface area contributed by atoms with Crippen LogP contribution >= 0.6 is 0 Å². The number of piperidine rings is 1. The first-order valence-electron chi connectivity index (χ1n) is 10.1. The van der Waals surface area contributed by atoms with Crippen molar-refractivity contribution in [2.75, 3.05) is 19.7 Å². The molecule has 152 valence electrons. The summed E-state index contributed by atoms with van der Waals surface area (Å²) >= 11 is 0. The molecule has 29 heavy (non-hydrogen) atoms. The van der Waals surface area contributed by atoms with Crippen LogP contribution in [0, 0.1) is 11.7 Å². The third-order valence-corrected chi connectivity index (χ3v) is 5.69. The third-order valence-electron chi connectivity index (χ3n) is 5.69. The van der Waals surface area contributed by atoms with Gasteiger partial charge < -0.3 is 15.0 Å². The summed E-state index contributed by atoms with van der Waals surface area (Å²) in [7, 11) is 0. The second-order valence-electron chi connectivity index (χ2n) is 7.72. The number of likely N-dealkylation sites (tertiary alicyclic amines) is 1. The highest BCUT2D eigenvalue weighted by molar-refractivity contribution is 5.82. The van der Waals surface area contributed by atoms with Gasteiger partial charge in [0, 0.05) is 25.1 Å². The summed E-state index contributed by atoms with van der Waals surface area (Å²) in [6.45, 7) is 1.66. The number of hydrogen-bond acceptors (Lipinski definition) is 3. The van der Waals surface area contributed by atoms with E-state index in [0.29, 0.717) is 19.7 Å². The summed E-state index contributed by atoms with van der Waals surface area (Å²) in [5, 5.41) is 3.16. The largest absolute Gasteiger partial charge is 0.493 e. The maximum absolute atomic E-state index is 13.1. The fourth-order valence-electron chi connectivity index (χ4n) is 4.09. The lowest BCUT2D eigenvalue weighted by Gasteiger charge is -2.34. The second kappa shape index (κ2) is 8.64. The molecule has 2 atom stereocenters. The number of nitrogens with one attached hydrogen (secondary N) is 1. The van der Waals surface area contributed by atoms with Crippen LogP contribution in [0.4, 0.5) is 4.39 Å². The van der Waals surface area contributed by atoms with E-state index in [4.69, 9.17) is 4.74 Å². The van der Waals surface area contributed by atoms with E-state index in [9.17, 15) is 14.0 Å². The molecule has 2 heterocycles. The quantitative estimate of drug-likeness (QED) is 0.863. The Morgan fingerprint density at radius 2 is 1.90 bits per heavy atom. The van der Waals surface area contributed by atoms with Gasteiger partial charge in [-0.05, 0) is 36.6 Å². The minimum atomic E-state index is -0.314. The number of rotatable bonds is 4. The summed E-state index contributed by atoms with van der Waals surface area (Å²) in [4.78, 5) is 27.3. The van der Waals surface area contributed by atoms with Crippen molar-refractivity contribution in [3.63, 3.8) is 0 Å². The number of carbonyl (C=O) groups excluding carboxylic acids is 2. The lowest BCUT2D eigenvalue weighted by molar-refractivity contribution is -0.135. The predicted molar refractivity (Wildman–Crippen MR) is 107 cm³/mol. The van der Waals surface area contributed by atoms with Crippen LogP contribution < -0.4 is 10.1 Å². The molecular weight excluding hydrogens is 371 g/mol. The number of amides is 2. The molecule has 2 aliphatic rings. The highest BCUT2D eigenvalue weighted by atomic mass is 19.1. The molecule has 4 rings (SSSR count). The molecule has 2 unspecified atom stereocenters. The van der Waals surface area contributed by atoms with E-state index in [-0.39, 0.29) is 36.0 Å². The maximum atomic E-state index is 13.1. The van der Waals surface area contributed by atoms with Crippen molar-refractivity contribution in [2.45, 2.75) is 31.7 Å². The zero-order valence-electron chi connectivity index (χ0n) is 16.3. The van der Waals surface area contributed by atoms with Crippen molar-refractivity contribution in [1.82, 2.24) is 10.2 Å². The monoisotopic (exact) mass is 396 g/mol. The van der Waals surface area contributed by atoms with Crippen LogP contribution in [-0.4, -0.2) is 36.4 Å². The highest BCUT2D eigenvalue weighted by Gasteiger charge is 2.31. The number of para-hydroxylation sites is 1. The Bertz CT molecular complexity index is 884. The van der Waals surface area contributed by atoms with Crippen LogP contribution in [0.2, 0.25) is 0 Å². The minimum absolute atomic E-state index is 0.00835. The average molecular weight is 396 g/mol. The van der Waals surface area contributed by atoms with Crippen LogP contribution in [0.3, 0.4) is 0 Å². The van der Waals surface area contributed by atoms with Crippen LogP contribution in [0.25, 0.3) is 0 Å². The van der Waals surface area contributed by atoms with Gasteiger partial charge in [0.1, 0.15) is 11.6 Å². The number of nitrogens with zero attached hydrogens (tertiary/aromatic N) is 1. The molecule has 5 nitrogen and oxygen atoms in total. The fraction of sp³-hybridized carbons (Fsp3) is 0.391. The van der Waals surface area contributed by atoms with Crippen molar-refractivity contribution in [2.24, 2.45) is 5.92 Å². The first-order valence-corrected chi connectivity index (χ1v) is 10.1. The second-order valence-corrected chi connectivity index (χ2v) is 7.72. The van der Waals surface area contributed by atoms with Crippen molar-refractivity contribution in [3.05, 3.63) is 65.5 Å². The molecule has 2 aliphatic heterocycles. The molecule has 6 heteroatoms. The zero-order valence-corrected chi connectivity index (χ0v) is 16.3. The van der Waals surface area contributed by atoms with Gasteiger partial charge in [-0.1, -0.05) is 30.3 Å². The molecular formula is C23H25FN2O3. The minimum Gasteiger partial charge on any atom is -0.493 e. The lowest BCUT2D eigenvalue weighted by atomic mass is 9.94. The van der Waals surface area contributed by atoms with Crippen molar-refractivity contribution in [3.8, 4) is 5.75 Å². The number of fused-ring (bicyclic) bond motifs is 1. The van der Waals surface area contributed by atoms with Gasteiger partial charge in [0.25, 0.3) is 0 Å². The first-order chi connectivity index (χ1) is 14.1. The first kappa shape index (κ1) is 19.4. The molecule has 0 aromatic heterocycles. The van der Waals surface area contributed by atoms with Gasteiger partial charge in [-0.25, -0.2) is 4.39 Å². The van der Waals surface area contributed by atoms with E-state index in [0.717, 1.165) is 36.1 Å². The van der Waals surface area contributed by atoms with E-state index < -0.39 is 0 Å². The Hall–Kier alpha value is -2.89. The number of hydrogen-bond donors (Lipinski definition) is 1. The van der Waals surface area contributed by atoms with E-state index >= 15 is 0 Å². The van der Waals surface area contributed by atoms with Crippen molar-refractivity contribution in [1.29, 1.82) is 0 Å². The molecule has 0 saturated carbocycles. The fourth-order valence-corrected chi connectivity index (χ4v) is 4.09. The average Bonchev–Trinajstić information content (AvgIpc) is 2.75. The summed E-state index contributed by atoms with van der Waals surface area (Å²) in [5.74, 6) is 0.266. The Kier molecular flexibility index (Phi) is 5.79. The van der Waals surface area contributed by atoms with Crippen LogP contribution in [0.5, 0.6) is 5.75 Å². The van der Waals surface area contributed by atoms with Gasteiger partial charge in [-0.15, -0.1) is 0 Å². The molecule has 0 radical (unpaired) electrons. The Morgan fingerprint density at radius 3 is 2.72 bits per heavy atom. The molecule has 2 aromatic carbocycles. The van der Waals surface area contributed by atoms with Crippen LogP contribution in [0.1, 0.15) is 36.4 Å². The van der Waals surface area contributed by atoms with Gasteiger partial charge >= 0.3 is 0 Å². The van der Waals surface area contributed by atoms with Gasteiger partial charge in [0.15, 0.2) is 0 Å². The van der Waals surface area contributed by atoms with Crippen LogP contribution in [0.15, 0.2) is 48.5 Å². The summed E-state index contributed by atoms with van der Waals surface area (Å²) in [6.07, 6.45) is 2.54. The Labute approximate surface area is 169 Å². The topological polar surface area (TPSA) is 58.6 Å². The van der Waals surface area contributed by atoms with E-state index in [1.165, 1.54) is 12.1 Å². The molecule has 0 spiro atoms. The smallest absolute Gasteiger partial charge is 0.227 e. The van der Waals surface area contributed by atoms with Crippen molar-refractivity contribution < 1.29 is 18.7 Å². The SMILES string of the molecule is O=C(NC1CCOc2ccccc21)C1CCCN(C(=O)Cc2ccc(F)cc2)C1.